The maximum Gasteiger partial charge on any atom is 0.410 e. The molecule has 1 saturated carbocycles. The fourth-order valence-corrected chi connectivity index (χ4v) is 4.65. The van der Waals surface area contributed by atoms with Gasteiger partial charge in [0.2, 0.25) is 0 Å². The lowest BCUT2D eigenvalue weighted by Gasteiger charge is -2.34. The summed E-state index contributed by atoms with van der Waals surface area (Å²) in [4.78, 5) is 39.3. The number of ether oxygens (including phenoxy) is 3. The Morgan fingerprint density at radius 2 is 1.97 bits per heavy atom. The second-order valence-corrected chi connectivity index (χ2v) is 11.1. The number of nitrogens with zero attached hydrogens (tertiary/aromatic N) is 3. The Morgan fingerprint density at radius 1 is 1.18 bits per heavy atom. The Hall–Kier alpha value is -3.89. The lowest BCUT2D eigenvalue weighted by Crippen LogP contribution is -2.50. The van der Waals surface area contributed by atoms with Crippen molar-refractivity contribution in [3.63, 3.8) is 0 Å². The number of carbonyl (C=O) groups is 2. The van der Waals surface area contributed by atoms with Gasteiger partial charge in [0.05, 0.1) is 24.8 Å². The number of rotatable bonds is 7. The van der Waals surface area contributed by atoms with Crippen molar-refractivity contribution in [3.8, 4) is 22.8 Å². The summed E-state index contributed by atoms with van der Waals surface area (Å²) in [5.41, 5.74) is 1.49. The van der Waals surface area contributed by atoms with Crippen LogP contribution in [0.5, 0.6) is 11.5 Å². The van der Waals surface area contributed by atoms with E-state index in [1.165, 1.54) is 25.6 Å². The van der Waals surface area contributed by atoms with Crippen LogP contribution in [0.25, 0.3) is 22.3 Å². The number of halogens is 1. The third-order valence-corrected chi connectivity index (χ3v) is 6.80. The molecule has 11 heteroatoms. The molecule has 0 bridgehead atoms. The molecule has 2 aromatic heterocycles. The first-order valence-corrected chi connectivity index (χ1v) is 13.2. The normalized spacial score (nSPS) is 17.7. The van der Waals surface area contributed by atoms with Crippen molar-refractivity contribution in [2.24, 2.45) is 5.92 Å². The zero-order chi connectivity index (χ0) is 27.7. The van der Waals surface area contributed by atoms with Crippen molar-refractivity contribution >= 4 is 23.0 Å². The number of nitrogens with one attached hydrogen (secondary N) is 2. The van der Waals surface area contributed by atoms with E-state index in [9.17, 15) is 14.0 Å². The first-order valence-electron chi connectivity index (χ1n) is 13.2. The van der Waals surface area contributed by atoms with Gasteiger partial charge in [-0.3, -0.25) is 4.79 Å². The summed E-state index contributed by atoms with van der Waals surface area (Å²) in [6, 6.07) is 2.62. The van der Waals surface area contributed by atoms with Crippen LogP contribution in [0.3, 0.4) is 0 Å². The summed E-state index contributed by atoms with van der Waals surface area (Å²) < 4.78 is 31.4. The molecular formula is C28H34FN5O5. The van der Waals surface area contributed by atoms with Crippen molar-refractivity contribution in [2.45, 2.75) is 58.1 Å². The van der Waals surface area contributed by atoms with Gasteiger partial charge in [0.25, 0.3) is 5.91 Å². The molecule has 5 rings (SSSR count). The lowest BCUT2D eigenvalue weighted by molar-refractivity contribution is 0.0185. The lowest BCUT2D eigenvalue weighted by atomic mass is 10.1. The van der Waals surface area contributed by atoms with Gasteiger partial charge in [0.1, 0.15) is 28.9 Å². The van der Waals surface area contributed by atoms with Gasteiger partial charge in [-0.15, -0.1) is 0 Å². The van der Waals surface area contributed by atoms with E-state index in [1.54, 1.807) is 11.1 Å². The van der Waals surface area contributed by atoms with Gasteiger partial charge in [-0.1, -0.05) is 0 Å². The van der Waals surface area contributed by atoms with Crippen LogP contribution in [0.2, 0.25) is 0 Å². The summed E-state index contributed by atoms with van der Waals surface area (Å²) in [7, 11) is 1.40. The third-order valence-electron chi connectivity index (χ3n) is 6.80. The van der Waals surface area contributed by atoms with E-state index in [0.717, 1.165) is 25.7 Å². The number of benzene rings is 1. The largest absolute Gasteiger partial charge is 0.494 e. The topological polar surface area (TPSA) is 119 Å². The molecule has 3 heterocycles. The molecule has 208 valence electrons. The molecular weight excluding hydrogens is 505 g/mol. The third kappa shape index (κ3) is 6.07. The molecule has 1 unspecified atom stereocenters. The highest BCUT2D eigenvalue weighted by molar-refractivity contribution is 6.08. The maximum atomic E-state index is 14.8. The number of amides is 2. The number of aromatic nitrogens is 3. The molecule has 39 heavy (non-hydrogen) atoms. The number of methoxy groups -OCH3 is 1. The van der Waals surface area contributed by atoms with Crippen LogP contribution in [0.1, 0.15) is 56.8 Å². The van der Waals surface area contributed by atoms with E-state index in [1.807, 2.05) is 20.8 Å². The molecule has 2 amide bonds. The summed E-state index contributed by atoms with van der Waals surface area (Å²) in [6.45, 7) is 6.93. The quantitative estimate of drug-likeness (QED) is 0.447. The van der Waals surface area contributed by atoms with E-state index in [-0.39, 0.29) is 17.7 Å². The van der Waals surface area contributed by atoms with Crippen molar-refractivity contribution in [1.29, 1.82) is 0 Å². The van der Waals surface area contributed by atoms with Gasteiger partial charge in [0.15, 0.2) is 11.6 Å². The van der Waals surface area contributed by atoms with Crippen molar-refractivity contribution in [3.05, 3.63) is 36.0 Å². The van der Waals surface area contributed by atoms with Crippen molar-refractivity contribution in [2.75, 3.05) is 26.8 Å². The highest BCUT2D eigenvalue weighted by Crippen LogP contribution is 2.39. The number of carbonyl (C=O) groups excluding carboxylic acids is 2. The number of H-pyrrole nitrogens is 1. The molecule has 1 aliphatic carbocycles. The molecule has 0 spiro atoms. The fourth-order valence-electron chi connectivity index (χ4n) is 4.65. The van der Waals surface area contributed by atoms with Crippen LogP contribution >= 0.6 is 0 Å². The molecule has 2 fully saturated rings. The van der Waals surface area contributed by atoms with Gasteiger partial charge < -0.3 is 29.4 Å². The minimum atomic E-state index is -0.593. The number of fused-ring (bicyclic) bond motifs is 1. The minimum Gasteiger partial charge on any atom is -0.494 e. The van der Waals surface area contributed by atoms with E-state index < -0.39 is 17.5 Å². The molecule has 0 radical (unpaired) electrons. The zero-order valence-electron chi connectivity index (χ0n) is 22.7. The highest BCUT2D eigenvalue weighted by atomic mass is 19.1. The highest BCUT2D eigenvalue weighted by Gasteiger charge is 2.30. The average molecular weight is 540 g/mol. The fraction of sp³-hybridized carbons (Fsp3) is 0.500. The predicted molar refractivity (Wildman–Crippen MR) is 142 cm³/mol. The number of hydrogen-bond acceptors (Lipinski definition) is 7. The molecule has 1 atom stereocenters. The monoisotopic (exact) mass is 539 g/mol. The second kappa shape index (κ2) is 10.7. The van der Waals surface area contributed by atoms with E-state index in [0.29, 0.717) is 59.2 Å². The van der Waals surface area contributed by atoms with Gasteiger partial charge >= 0.3 is 6.09 Å². The summed E-state index contributed by atoms with van der Waals surface area (Å²) in [5.74, 6) is 0.146. The predicted octanol–water partition coefficient (Wildman–Crippen LogP) is 4.69. The molecule has 3 aromatic rings. The zero-order valence-corrected chi connectivity index (χ0v) is 22.7. The number of aromatic amines is 1. The Bertz CT molecular complexity index is 1380. The molecule has 1 aromatic carbocycles. The summed E-state index contributed by atoms with van der Waals surface area (Å²) >= 11 is 0. The second-order valence-electron chi connectivity index (χ2n) is 11.1. The standard InChI is InChI=1S/C28H34FN5O5/c1-28(2,3)39-27(36)34-9-5-6-17(13-34)33-26(35)19-12-30-25-23(31-15-32-24(19)25)18-10-20(29)22(37-4)11-21(18)38-14-16-7-8-16/h10-12,15-17,30H,5-9,13-14H2,1-4H3,(H,33,35). The molecule has 2 aliphatic rings. The number of piperidine rings is 1. The van der Waals surface area contributed by atoms with Crippen molar-refractivity contribution in [1.82, 2.24) is 25.2 Å². The maximum absolute atomic E-state index is 14.8. The van der Waals surface area contributed by atoms with Crippen LogP contribution in [-0.2, 0) is 4.74 Å². The van der Waals surface area contributed by atoms with Crippen LogP contribution < -0.4 is 14.8 Å². The van der Waals surface area contributed by atoms with Gasteiger partial charge in [0, 0.05) is 37.0 Å². The van der Waals surface area contributed by atoms with Gasteiger partial charge in [-0.05, 0) is 58.4 Å². The van der Waals surface area contributed by atoms with Crippen molar-refractivity contribution < 1.29 is 28.2 Å². The number of hydrogen-bond donors (Lipinski definition) is 2. The SMILES string of the molecule is COc1cc(OCC2CC2)c(-c2ncnc3c(C(=O)NC4CCCN(C(=O)OC(C)(C)C)C4)c[nH]c23)cc1F. The molecule has 1 saturated heterocycles. The first-order chi connectivity index (χ1) is 18.6. The Kier molecular flexibility index (Phi) is 7.33. The Labute approximate surface area is 226 Å². The molecule has 2 N–H and O–H groups in total. The first kappa shape index (κ1) is 26.7. The van der Waals surface area contributed by atoms with Crippen LogP contribution in [0.4, 0.5) is 9.18 Å². The van der Waals surface area contributed by atoms with Gasteiger partial charge in [-0.25, -0.2) is 19.2 Å². The smallest absolute Gasteiger partial charge is 0.410 e. The Balaban J connectivity index is 1.38. The summed E-state index contributed by atoms with van der Waals surface area (Å²) in [6.07, 6.45) is 6.22. The molecule has 1 aliphatic heterocycles. The van der Waals surface area contributed by atoms with Crippen LogP contribution in [0.15, 0.2) is 24.7 Å². The number of likely N-dealkylation sites (tertiary alicyclic amines) is 1. The van der Waals surface area contributed by atoms with E-state index in [2.05, 4.69) is 20.3 Å². The van der Waals surface area contributed by atoms with Gasteiger partial charge in [-0.2, -0.15) is 0 Å². The summed E-state index contributed by atoms with van der Waals surface area (Å²) in [5, 5.41) is 3.03. The average Bonchev–Trinajstić information content (AvgIpc) is 3.62. The van der Waals surface area contributed by atoms with Crippen LogP contribution in [-0.4, -0.2) is 70.3 Å². The van der Waals surface area contributed by atoms with Crippen LogP contribution in [0, 0.1) is 11.7 Å². The Morgan fingerprint density at radius 3 is 2.69 bits per heavy atom. The minimum absolute atomic E-state index is 0.0781. The van der Waals surface area contributed by atoms with E-state index >= 15 is 0 Å². The molecule has 10 nitrogen and oxygen atoms in total. The van der Waals surface area contributed by atoms with E-state index in [4.69, 9.17) is 14.2 Å².